The maximum absolute atomic E-state index is 13.2. The molecule has 0 saturated carbocycles. The van der Waals surface area contributed by atoms with Gasteiger partial charge in [0.05, 0.1) is 28.7 Å². The largest absolute Gasteiger partial charge is 0.369 e. The van der Waals surface area contributed by atoms with Crippen molar-refractivity contribution < 1.29 is 4.79 Å². The monoisotopic (exact) mass is 529 g/mol. The van der Waals surface area contributed by atoms with Gasteiger partial charge < -0.3 is 15.5 Å². The van der Waals surface area contributed by atoms with E-state index in [0.717, 1.165) is 37.6 Å². The van der Waals surface area contributed by atoms with Crippen LogP contribution in [0.5, 0.6) is 0 Å². The summed E-state index contributed by atoms with van der Waals surface area (Å²) < 4.78 is 1.65. The topological polar surface area (TPSA) is 146 Å². The van der Waals surface area contributed by atoms with Gasteiger partial charge in [-0.15, -0.1) is 0 Å². The number of H-pyrrole nitrogens is 1. The van der Waals surface area contributed by atoms with E-state index in [4.69, 9.17) is 15.7 Å². The first kappa shape index (κ1) is 25.1. The fourth-order valence-electron chi connectivity index (χ4n) is 5.61. The number of likely N-dealkylation sites (tertiary alicyclic amines) is 1. The van der Waals surface area contributed by atoms with Crippen LogP contribution in [0.3, 0.4) is 0 Å². The predicted octanol–water partition coefficient (Wildman–Crippen LogP) is 0.569. The van der Waals surface area contributed by atoms with Crippen molar-refractivity contribution in [3.8, 4) is 11.3 Å². The molecule has 12 nitrogen and oxygen atoms in total. The molecule has 0 spiro atoms. The highest BCUT2D eigenvalue weighted by Gasteiger charge is 2.25. The summed E-state index contributed by atoms with van der Waals surface area (Å²) in [5.74, 6) is 0.558. The Balaban J connectivity index is 1.39. The number of pyridine rings is 3. The summed E-state index contributed by atoms with van der Waals surface area (Å²) in [6.07, 6.45) is 4.59. The van der Waals surface area contributed by atoms with Crippen molar-refractivity contribution in [2.75, 3.05) is 57.8 Å². The van der Waals surface area contributed by atoms with Crippen LogP contribution in [0.25, 0.3) is 33.2 Å². The molecule has 2 aliphatic rings. The molecule has 4 aromatic rings. The first-order valence-corrected chi connectivity index (χ1v) is 13.2. The molecule has 3 N–H and O–H groups in total. The predicted molar refractivity (Wildman–Crippen MR) is 149 cm³/mol. The van der Waals surface area contributed by atoms with Gasteiger partial charge >= 0.3 is 5.69 Å². The number of hydrogen-bond acceptors (Lipinski definition) is 9. The Kier molecular flexibility index (Phi) is 6.57. The molecule has 0 atom stereocenters. The van der Waals surface area contributed by atoms with E-state index in [1.54, 1.807) is 4.57 Å². The Labute approximate surface area is 224 Å². The number of fused-ring (bicyclic) bond motifs is 3. The van der Waals surface area contributed by atoms with Gasteiger partial charge in [-0.3, -0.25) is 29.0 Å². The van der Waals surface area contributed by atoms with Gasteiger partial charge in [0.15, 0.2) is 0 Å². The number of aromatic amines is 1. The van der Waals surface area contributed by atoms with Gasteiger partial charge in [-0.25, -0.2) is 14.8 Å². The summed E-state index contributed by atoms with van der Waals surface area (Å²) in [5, 5.41) is 0.315. The molecule has 2 fully saturated rings. The zero-order valence-corrected chi connectivity index (χ0v) is 21.8. The van der Waals surface area contributed by atoms with Gasteiger partial charge in [-0.05, 0) is 44.2 Å². The quantitative estimate of drug-likeness (QED) is 0.354. The number of nitrogens with two attached hydrogens (primary N) is 1. The smallest absolute Gasteiger partial charge is 0.329 e. The third kappa shape index (κ3) is 4.88. The van der Waals surface area contributed by atoms with Gasteiger partial charge in [0, 0.05) is 63.3 Å². The van der Waals surface area contributed by atoms with Crippen molar-refractivity contribution in [3.05, 3.63) is 57.5 Å². The molecule has 0 unspecified atom stereocenters. The third-order valence-corrected chi connectivity index (χ3v) is 7.78. The summed E-state index contributed by atoms with van der Waals surface area (Å²) in [4.78, 5) is 60.4. The molecular weight excluding hydrogens is 498 g/mol. The van der Waals surface area contributed by atoms with Crippen LogP contribution in [-0.4, -0.2) is 93.1 Å². The van der Waals surface area contributed by atoms with E-state index in [2.05, 4.69) is 26.8 Å². The van der Waals surface area contributed by atoms with E-state index in [-0.39, 0.29) is 18.5 Å². The standard InChI is InChI=1S/C27H31N9O3/c1-33-10-12-35(13-11-33)23-5-2-17(14-30-23)20-3-4-21-24(31-20)25-19(15-29-21)26(38)32-27(39)36(25)18-6-8-34(9-7-18)16-22(28)37/h2-5,14-15,18H,6-13,16H2,1H3,(H2,28,37)(H,32,38,39). The minimum Gasteiger partial charge on any atom is -0.369 e. The molecule has 2 saturated heterocycles. The number of carbonyl (C=O) groups is 1. The normalized spacial score (nSPS) is 17.7. The van der Waals surface area contributed by atoms with Gasteiger partial charge in [0.2, 0.25) is 5.91 Å². The summed E-state index contributed by atoms with van der Waals surface area (Å²) in [7, 11) is 2.12. The van der Waals surface area contributed by atoms with Crippen molar-refractivity contribution in [2.45, 2.75) is 18.9 Å². The zero-order valence-electron chi connectivity index (χ0n) is 21.8. The molecule has 12 heteroatoms. The van der Waals surface area contributed by atoms with Crippen molar-refractivity contribution >= 4 is 33.7 Å². The maximum Gasteiger partial charge on any atom is 0.329 e. The van der Waals surface area contributed by atoms with E-state index in [1.165, 1.54) is 6.20 Å². The highest BCUT2D eigenvalue weighted by Crippen LogP contribution is 2.29. The van der Waals surface area contributed by atoms with E-state index in [0.29, 0.717) is 53.6 Å². The van der Waals surface area contributed by atoms with Crippen LogP contribution in [0.15, 0.2) is 46.2 Å². The highest BCUT2D eigenvalue weighted by molar-refractivity contribution is 6.01. The number of likely N-dealkylation sites (N-methyl/N-ethyl adjacent to an activating group) is 1. The van der Waals surface area contributed by atoms with E-state index < -0.39 is 11.2 Å². The number of hydrogen-bond donors (Lipinski definition) is 2. The first-order chi connectivity index (χ1) is 18.9. The summed E-state index contributed by atoms with van der Waals surface area (Å²) in [6, 6.07) is 7.58. The van der Waals surface area contributed by atoms with Gasteiger partial charge in [0.25, 0.3) is 5.56 Å². The third-order valence-electron chi connectivity index (χ3n) is 7.78. The Bertz CT molecular complexity index is 1650. The maximum atomic E-state index is 13.2. The van der Waals surface area contributed by atoms with Crippen molar-refractivity contribution in [1.29, 1.82) is 0 Å². The molecule has 202 valence electrons. The minimum atomic E-state index is -0.489. The lowest BCUT2D eigenvalue weighted by Crippen LogP contribution is -2.44. The number of piperazine rings is 1. The number of aromatic nitrogens is 5. The molecule has 39 heavy (non-hydrogen) atoms. The minimum absolute atomic E-state index is 0.165. The number of carbonyl (C=O) groups excluding carboxylic acids is 1. The summed E-state index contributed by atoms with van der Waals surface area (Å²) >= 11 is 0. The van der Waals surface area contributed by atoms with Crippen LogP contribution in [-0.2, 0) is 4.79 Å². The number of nitrogens with zero attached hydrogens (tertiary/aromatic N) is 7. The molecule has 6 heterocycles. The Hall–Kier alpha value is -4.16. The molecular formula is C27H31N9O3. The molecule has 0 bridgehead atoms. The summed E-state index contributed by atoms with van der Waals surface area (Å²) in [6.45, 7) is 5.29. The van der Waals surface area contributed by atoms with Crippen LogP contribution in [0.2, 0.25) is 0 Å². The second-order valence-corrected chi connectivity index (χ2v) is 10.4. The van der Waals surface area contributed by atoms with Crippen LogP contribution < -0.4 is 21.9 Å². The van der Waals surface area contributed by atoms with Crippen molar-refractivity contribution in [2.24, 2.45) is 5.73 Å². The van der Waals surface area contributed by atoms with Crippen LogP contribution in [0.1, 0.15) is 18.9 Å². The van der Waals surface area contributed by atoms with Gasteiger partial charge in [-0.1, -0.05) is 0 Å². The lowest BCUT2D eigenvalue weighted by Gasteiger charge is -2.33. The van der Waals surface area contributed by atoms with Crippen molar-refractivity contribution in [1.82, 2.24) is 34.3 Å². The Morgan fingerprint density at radius 1 is 1.00 bits per heavy atom. The number of primary amides is 1. The molecule has 0 aromatic carbocycles. The van der Waals surface area contributed by atoms with Gasteiger partial charge in [0.1, 0.15) is 11.3 Å². The van der Waals surface area contributed by atoms with E-state index >= 15 is 0 Å². The summed E-state index contributed by atoms with van der Waals surface area (Å²) in [5.41, 5.74) is 7.49. The molecule has 0 aliphatic carbocycles. The van der Waals surface area contributed by atoms with Crippen LogP contribution in [0.4, 0.5) is 5.82 Å². The Morgan fingerprint density at radius 2 is 1.77 bits per heavy atom. The number of rotatable bonds is 5. The lowest BCUT2D eigenvalue weighted by molar-refractivity contribution is -0.119. The second kappa shape index (κ2) is 10.2. The number of anilines is 1. The second-order valence-electron chi connectivity index (χ2n) is 10.4. The fourth-order valence-corrected chi connectivity index (χ4v) is 5.61. The molecule has 0 radical (unpaired) electrons. The average molecular weight is 530 g/mol. The Morgan fingerprint density at radius 3 is 2.46 bits per heavy atom. The van der Waals surface area contributed by atoms with Crippen LogP contribution >= 0.6 is 0 Å². The number of nitrogens with one attached hydrogen (secondary N) is 1. The molecule has 2 aliphatic heterocycles. The average Bonchev–Trinajstić information content (AvgIpc) is 2.94. The molecule has 1 amide bonds. The first-order valence-electron chi connectivity index (χ1n) is 13.2. The van der Waals surface area contributed by atoms with Crippen molar-refractivity contribution in [3.63, 3.8) is 0 Å². The highest BCUT2D eigenvalue weighted by atomic mass is 16.2. The number of amides is 1. The number of piperidine rings is 1. The SMILES string of the molecule is CN1CCN(c2ccc(-c3ccc4ncc5c(=O)[nH]c(=O)n(C6CCN(CC(N)=O)CC6)c5c4n3)cn2)CC1. The van der Waals surface area contributed by atoms with E-state index in [1.807, 2.05) is 35.4 Å². The zero-order chi connectivity index (χ0) is 27.1. The van der Waals surface area contributed by atoms with Gasteiger partial charge in [-0.2, -0.15) is 0 Å². The molecule has 4 aromatic heterocycles. The fraction of sp³-hybridized carbons (Fsp3) is 0.407. The van der Waals surface area contributed by atoms with E-state index in [9.17, 15) is 14.4 Å². The lowest BCUT2D eigenvalue weighted by atomic mass is 10.0. The van der Waals surface area contributed by atoms with Crippen LogP contribution in [0, 0.1) is 0 Å². The molecule has 6 rings (SSSR count).